The van der Waals surface area contributed by atoms with E-state index in [0.29, 0.717) is 0 Å². The molecule has 1 atom stereocenters. The minimum absolute atomic E-state index is 0.280. The molecule has 21 heavy (non-hydrogen) atoms. The van der Waals surface area contributed by atoms with Gasteiger partial charge in [0.05, 0.1) is 23.0 Å². The zero-order chi connectivity index (χ0) is 14.8. The Labute approximate surface area is 123 Å². The molecule has 1 aromatic carbocycles. The van der Waals surface area contributed by atoms with Crippen LogP contribution in [0.4, 0.5) is 0 Å². The molecule has 2 aromatic rings. The lowest BCUT2D eigenvalue weighted by atomic mass is 10.0. The van der Waals surface area contributed by atoms with Gasteiger partial charge in [0.15, 0.2) is 0 Å². The fraction of sp³-hybridized carbons (Fsp3) is 0.312. The minimum Gasteiger partial charge on any atom is -0.478 e. The fourth-order valence-corrected chi connectivity index (χ4v) is 2.84. The van der Waals surface area contributed by atoms with Gasteiger partial charge in [0, 0.05) is 18.0 Å². The van der Waals surface area contributed by atoms with Gasteiger partial charge in [-0.3, -0.25) is 14.9 Å². The van der Waals surface area contributed by atoms with Crippen LogP contribution in [0.15, 0.2) is 36.7 Å². The fourth-order valence-electron chi connectivity index (χ4n) is 2.84. The Morgan fingerprint density at radius 3 is 2.57 bits per heavy atom. The zero-order valence-electron chi connectivity index (χ0n) is 11.9. The first-order valence-electron chi connectivity index (χ1n) is 7.01. The number of nitrogens with zero attached hydrogens (tertiary/aromatic N) is 3. The van der Waals surface area contributed by atoms with E-state index in [2.05, 4.69) is 21.9 Å². The summed E-state index contributed by atoms with van der Waals surface area (Å²) in [7, 11) is 2.10. The summed E-state index contributed by atoms with van der Waals surface area (Å²) in [5, 5.41) is 8.97. The number of aromatic carboxylic acids is 1. The van der Waals surface area contributed by atoms with Crippen molar-refractivity contribution in [2.24, 2.45) is 0 Å². The van der Waals surface area contributed by atoms with Crippen molar-refractivity contribution in [2.75, 3.05) is 13.6 Å². The summed E-state index contributed by atoms with van der Waals surface area (Å²) in [5.41, 5.74) is 3.00. The van der Waals surface area contributed by atoms with Crippen LogP contribution in [-0.4, -0.2) is 39.5 Å². The van der Waals surface area contributed by atoms with E-state index in [0.717, 1.165) is 36.3 Å². The number of rotatable bonds is 3. The van der Waals surface area contributed by atoms with E-state index in [1.807, 2.05) is 0 Å². The topological polar surface area (TPSA) is 66.3 Å². The lowest BCUT2D eigenvalue weighted by molar-refractivity contribution is 0.0697. The van der Waals surface area contributed by atoms with Crippen molar-refractivity contribution >= 4 is 5.97 Å². The van der Waals surface area contributed by atoms with Crippen molar-refractivity contribution in [3.8, 4) is 11.3 Å². The zero-order valence-corrected chi connectivity index (χ0v) is 11.9. The quantitative estimate of drug-likeness (QED) is 0.938. The number of hydrogen-bond donors (Lipinski definition) is 1. The van der Waals surface area contributed by atoms with Crippen LogP contribution >= 0.6 is 0 Å². The van der Waals surface area contributed by atoms with Crippen LogP contribution in [0.1, 0.15) is 34.9 Å². The Bertz CT molecular complexity index is 655. The molecule has 0 amide bonds. The third-order valence-corrected chi connectivity index (χ3v) is 3.97. The highest BCUT2D eigenvalue weighted by Crippen LogP contribution is 2.34. The van der Waals surface area contributed by atoms with Crippen LogP contribution in [0.25, 0.3) is 11.3 Å². The Balaban J connectivity index is 2.00. The van der Waals surface area contributed by atoms with Gasteiger partial charge in [0.2, 0.25) is 0 Å². The summed E-state index contributed by atoms with van der Waals surface area (Å²) >= 11 is 0. The molecule has 5 heteroatoms. The van der Waals surface area contributed by atoms with Gasteiger partial charge in [-0.2, -0.15) is 0 Å². The average Bonchev–Trinajstić information content (AvgIpc) is 2.93. The molecule has 2 heterocycles. The molecule has 0 saturated carbocycles. The predicted octanol–water partition coefficient (Wildman–Crippen LogP) is 2.61. The van der Waals surface area contributed by atoms with E-state index in [1.165, 1.54) is 0 Å². The Hall–Kier alpha value is -2.27. The van der Waals surface area contributed by atoms with Crippen LogP contribution in [0.5, 0.6) is 0 Å². The van der Waals surface area contributed by atoms with Gasteiger partial charge >= 0.3 is 5.97 Å². The highest BCUT2D eigenvalue weighted by molar-refractivity contribution is 5.88. The van der Waals surface area contributed by atoms with Crippen molar-refractivity contribution in [3.63, 3.8) is 0 Å². The number of carboxylic acids is 1. The standard InChI is InChI=1S/C16H17N3O2/c1-19-10-2-3-13(19)15-14(17-8-9-18-15)11-4-6-12(7-5-11)16(20)21/h4-9,13H,2-3,10H2,1H3,(H,20,21)/t13-/m0/s1. The SMILES string of the molecule is CN1CCC[C@H]1c1nccnc1-c1ccc(C(=O)O)cc1. The van der Waals surface area contributed by atoms with Crippen molar-refractivity contribution in [1.82, 2.24) is 14.9 Å². The van der Waals surface area contributed by atoms with Crippen LogP contribution in [0, 0.1) is 0 Å². The highest BCUT2D eigenvalue weighted by atomic mass is 16.4. The lowest BCUT2D eigenvalue weighted by Crippen LogP contribution is -2.19. The number of carboxylic acid groups (broad SMARTS) is 1. The van der Waals surface area contributed by atoms with Gasteiger partial charge in [0.25, 0.3) is 0 Å². The molecule has 0 spiro atoms. The van der Waals surface area contributed by atoms with Crippen molar-refractivity contribution in [2.45, 2.75) is 18.9 Å². The first-order chi connectivity index (χ1) is 10.2. The van der Waals surface area contributed by atoms with Gasteiger partial charge in [-0.25, -0.2) is 4.79 Å². The molecule has 1 aliphatic heterocycles. The highest BCUT2D eigenvalue weighted by Gasteiger charge is 2.26. The molecule has 0 aliphatic carbocycles. The van der Waals surface area contributed by atoms with Gasteiger partial charge in [-0.1, -0.05) is 12.1 Å². The number of benzene rings is 1. The third-order valence-electron chi connectivity index (χ3n) is 3.97. The molecule has 3 rings (SSSR count). The smallest absolute Gasteiger partial charge is 0.335 e. The summed E-state index contributed by atoms with van der Waals surface area (Å²) in [6, 6.07) is 7.09. The molecule has 1 aromatic heterocycles. The lowest BCUT2D eigenvalue weighted by Gasteiger charge is -2.20. The summed E-state index contributed by atoms with van der Waals surface area (Å²) < 4.78 is 0. The molecule has 0 radical (unpaired) electrons. The normalized spacial score (nSPS) is 18.8. The monoisotopic (exact) mass is 283 g/mol. The van der Waals surface area contributed by atoms with Crippen molar-refractivity contribution < 1.29 is 9.90 Å². The number of aromatic nitrogens is 2. The maximum absolute atomic E-state index is 10.9. The number of carbonyl (C=O) groups is 1. The van der Waals surface area contributed by atoms with Crippen LogP contribution < -0.4 is 0 Å². The molecule has 0 unspecified atom stereocenters. The molecule has 1 N–H and O–H groups in total. The summed E-state index contributed by atoms with van der Waals surface area (Å²) in [5.74, 6) is -0.920. The van der Waals surface area contributed by atoms with E-state index >= 15 is 0 Å². The van der Waals surface area contributed by atoms with Crippen molar-refractivity contribution in [1.29, 1.82) is 0 Å². The average molecular weight is 283 g/mol. The molecular formula is C16H17N3O2. The molecule has 108 valence electrons. The molecule has 1 saturated heterocycles. The van der Waals surface area contributed by atoms with E-state index in [4.69, 9.17) is 5.11 Å². The van der Waals surface area contributed by atoms with Gasteiger partial charge in [0.1, 0.15) is 0 Å². The van der Waals surface area contributed by atoms with Crippen LogP contribution in [0.2, 0.25) is 0 Å². The van der Waals surface area contributed by atoms with E-state index in [9.17, 15) is 4.79 Å². The molecule has 1 aliphatic rings. The first kappa shape index (κ1) is 13.7. The third kappa shape index (κ3) is 2.64. The van der Waals surface area contributed by atoms with E-state index in [1.54, 1.807) is 36.7 Å². The number of hydrogen-bond acceptors (Lipinski definition) is 4. The van der Waals surface area contributed by atoms with E-state index < -0.39 is 5.97 Å². The summed E-state index contributed by atoms with van der Waals surface area (Å²) in [6.07, 6.45) is 5.64. The van der Waals surface area contributed by atoms with Gasteiger partial charge in [-0.15, -0.1) is 0 Å². The second-order valence-corrected chi connectivity index (χ2v) is 5.31. The van der Waals surface area contributed by atoms with Gasteiger partial charge in [-0.05, 0) is 38.6 Å². The second-order valence-electron chi connectivity index (χ2n) is 5.31. The molecule has 1 fully saturated rings. The molecule has 0 bridgehead atoms. The molecule has 5 nitrogen and oxygen atoms in total. The Morgan fingerprint density at radius 2 is 1.95 bits per heavy atom. The van der Waals surface area contributed by atoms with Crippen LogP contribution in [0.3, 0.4) is 0 Å². The minimum atomic E-state index is -0.920. The predicted molar refractivity (Wildman–Crippen MR) is 79.0 cm³/mol. The molecular weight excluding hydrogens is 266 g/mol. The maximum Gasteiger partial charge on any atom is 0.335 e. The Morgan fingerprint density at radius 1 is 1.24 bits per heavy atom. The largest absolute Gasteiger partial charge is 0.478 e. The maximum atomic E-state index is 10.9. The Kier molecular flexibility index (Phi) is 3.66. The van der Waals surface area contributed by atoms with Gasteiger partial charge < -0.3 is 5.11 Å². The summed E-state index contributed by atoms with van der Waals surface area (Å²) in [4.78, 5) is 22.2. The van der Waals surface area contributed by atoms with Crippen molar-refractivity contribution in [3.05, 3.63) is 47.9 Å². The van der Waals surface area contributed by atoms with Crippen LogP contribution in [-0.2, 0) is 0 Å². The van der Waals surface area contributed by atoms with E-state index in [-0.39, 0.29) is 11.6 Å². The second kappa shape index (κ2) is 5.61. The summed E-state index contributed by atoms with van der Waals surface area (Å²) in [6.45, 7) is 1.07. The number of likely N-dealkylation sites (tertiary alicyclic amines) is 1. The first-order valence-corrected chi connectivity index (χ1v) is 7.01.